The summed E-state index contributed by atoms with van der Waals surface area (Å²) in [4.78, 5) is 0. The van der Waals surface area contributed by atoms with Crippen LogP contribution in [0.2, 0.25) is 0 Å². The number of phenolic OH excluding ortho intramolecular Hbond substituents is 5. The fourth-order valence-corrected chi connectivity index (χ4v) is 4.98. The second-order valence-electron chi connectivity index (χ2n) is 7.40. The molecule has 5 rings (SSSR count). The molecule has 5 heteroatoms. The van der Waals surface area contributed by atoms with Crippen molar-refractivity contribution in [2.75, 3.05) is 0 Å². The molecule has 3 atom stereocenters. The number of rotatable bonds is 1. The van der Waals surface area contributed by atoms with Gasteiger partial charge in [-0.1, -0.05) is 12.1 Å². The molecule has 5 nitrogen and oxygen atoms in total. The standard InChI is InChI=1S/C22H18O5/c23-11-3-1-10(2-4-11)20-16-9-17(15-6-13(25)8-19(27)22(15)20)21-14(16)5-12(24)7-18(21)26/h1-8,16-17,20,23-27H,9H2/t16-,17-,20-/m0/s1. The lowest BCUT2D eigenvalue weighted by atomic mass is 9.70. The number of hydrogen-bond donors (Lipinski definition) is 5. The zero-order valence-electron chi connectivity index (χ0n) is 14.3. The molecule has 2 aliphatic carbocycles. The van der Waals surface area contributed by atoms with Crippen LogP contribution in [-0.2, 0) is 0 Å². The summed E-state index contributed by atoms with van der Waals surface area (Å²) in [6.07, 6.45) is 0.702. The molecule has 2 aliphatic rings. The number of aromatic hydroxyl groups is 5. The van der Waals surface area contributed by atoms with Crippen LogP contribution < -0.4 is 0 Å². The average molecular weight is 362 g/mol. The second kappa shape index (κ2) is 5.33. The Morgan fingerprint density at radius 3 is 1.89 bits per heavy atom. The topological polar surface area (TPSA) is 101 Å². The maximum Gasteiger partial charge on any atom is 0.123 e. The molecule has 5 N–H and O–H groups in total. The van der Waals surface area contributed by atoms with Crippen LogP contribution in [0.4, 0.5) is 0 Å². The molecule has 2 bridgehead atoms. The van der Waals surface area contributed by atoms with E-state index in [4.69, 9.17) is 0 Å². The summed E-state index contributed by atoms with van der Waals surface area (Å²) in [5.41, 5.74) is 4.00. The van der Waals surface area contributed by atoms with Crippen molar-refractivity contribution >= 4 is 0 Å². The van der Waals surface area contributed by atoms with Crippen molar-refractivity contribution in [3.8, 4) is 28.7 Å². The highest BCUT2D eigenvalue weighted by Crippen LogP contribution is 2.63. The van der Waals surface area contributed by atoms with Crippen molar-refractivity contribution < 1.29 is 25.5 Å². The SMILES string of the molecule is Oc1ccc([C@@H]2c3c(O)cc(O)cc3[C@@H]3C[C@H]2c2cc(O)cc(O)c23)cc1. The molecule has 27 heavy (non-hydrogen) atoms. The van der Waals surface area contributed by atoms with Crippen LogP contribution in [-0.4, -0.2) is 25.5 Å². The Morgan fingerprint density at radius 2 is 1.22 bits per heavy atom. The van der Waals surface area contributed by atoms with Gasteiger partial charge < -0.3 is 25.5 Å². The van der Waals surface area contributed by atoms with E-state index in [1.54, 1.807) is 24.3 Å². The van der Waals surface area contributed by atoms with E-state index < -0.39 is 0 Å². The molecule has 0 aliphatic heterocycles. The Hall–Kier alpha value is -3.34. The van der Waals surface area contributed by atoms with E-state index >= 15 is 0 Å². The van der Waals surface area contributed by atoms with E-state index in [0.29, 0.717) is 6.42 Å². The van der Waals surface area contributed by atoms with E-state index in [1.165, 1.54) is 12.1 Å². The third-order valence-electron chi connectivity index (χ3n) is 5.93. The quantitative estimate of drug-likeness (QED) is 0.451. The summed E-state index contributed by atoms with van der Waals surface area (Å²) in [6, 6.07) is 12.8. The maximum absolute atomic E-state index is 10.7. The van der Waals surface area contributed by atoms with Gasteiger partial charge in [0.2, 0.25) is 0 Å². The van der Waals surface area contributed by atoms with Crippen molar-refractivity contribution in [3.05, 3.63) is 76.3 Å². The minimum Gasteiger partial charge on any atom is -0.508 e. The van der Waals surface area contributed by atoms with Gasteiger partial charge in [0.1, 0.15) is 28.7 Å². The van der Waals surface area contributed by atoms with Gasteiger partial charge >= 0.3 is 0 Å². The van der Waals surface area contributed by atoms with Gasteiger partial charge in [-0.15, -0.1) is 0 Å². The van der Waals surface area contributed by atoms with E-state index in [2.05, 4.69) is 0 Å². The van der Waals surface area contributed by atoms with E-state index in [0.717, 1.165) is 27.8 Å². The van der Waals surface area contributed by atoms with Crippen LogP contribution in [0.3, 0.4) is 0 Å². The molecule has 0 amide bonds. The Balaban J connectivity index is 1.83. The first-order valence-electron chi connectivity index (χ1n) is 8.84. The molecule has 0 spiro atoms. The fraction of sp³-hybridized carbons (Fsp3) is 0.182. The van der Waals surface area contributed by atoms with Crippen molar-refractivity contribution in [1.29, 1.82) is 0 Å². The molecule has 0 heterocycles. The Labute approximate surface area is 155 Å². The predicted molar refractivity (Wildman–Crippen MR) is 98.7 cm³/mol. The van der Waals surface area contributed by atoms with Gasteiger partial charge in [-0.2, -0.15) is 0 Å². The van der Waals surface area contributed by atoms with Gasteiger partial charge in [0, 0.05) is 35.1 Å². The highest BCUT2D eigenvalue weighted by Gasteiger charge is 2.47. The van der Waals surface area contributed by atoms with E-state index in [1.807, 2.05) is 12.1 Å². The molecule has 3 aromatic rings. The van der Waals surface area contributed by atoms with Gasteiger partial charge in [0.05, 0.1) is 0 Å². The van der Waals surface area contributed by atoms with E-state index in [-0.39, 0.29) is 46.5 Å². The summed E-state index contributed by atoms with van der Waals surface area (Å²) in [6.45, 7) is 0. The van der Waals surface area contributed by atoms with Crippen molar-refractivity contribution in [1.82, 2.24) is 0 Å². The van der Waals surface area contributed by atoms with Crippen LogP contribution in [0, 0.1) is 0 Å². The molecule has 0 radical (unpaired) electrons. The lowest BCUT2D eigenvalue weighted by Gasteiger charge is -2.33. The zero-order chi connectivity index (χ0) is 18.9. The number of hydrogen-bond acceptors (Lipinski definition) is 5. The van der Waals surface area contributed by atoms with Crippen LogP contribution in [0.1, 0.15) is 52.0 Å². The maximum atomic E-state index is 10.7. The Morgan fingerprint density at radius 1 is 0.630 bits per heavy atom. The smallest absolute Gasteiger partial charge is 0.123 e. The van der Waals surface area contributed by atoms with Gasteiger partial charge in [-0.05, 0) is 53.3 Å². The lowest BCUT2D eigenvalue weighted by molar-refractivity contribution is 0.425. The monoisotopic (exact) mass is 362 g/mol. The Bertz CT molecular complexity index is 1070. The van der Waals surface area contributed by atoms with Crippen LogP contribution in [0.5, 0.6) is 28.7 Å². The molecular formula is C22H18O5. The molecule has 0 saturated heterocycles. The number of phenols is 5. The summed E-state index contributed by atoms with van der Waals surface area (Å²) < 4.78 is 0. The summed E-state index contributed by atoms with van der Waals surface area (Å²) >= 11 is 0. The minimum absolute atomic E-state index is 0.000573. The Kier molecular flexibility index (Phi) is 3.13. The highest BCUT2D eigenvalue weighted by molar-refractivity contribution is 5.65. The predicted octanol–water partition coefficient (Wildman–Crippen LogP) is 3.98. The van der Waals surface area contributed by atoms with Crippen LogP contribution in [0.15, 0.2) is 48.5 Å². The van der Waals surface area contributed by atoms with E-state index in [9.17, 15) is 25.5 Å². The molecular weight excluding hydrogens is 344 g/mol. The first kappa shape index (κ1) is 15.9. The van der Waals surface area contributed by atoms with Crippen LogP contribution >= 0.6 is 0 Å². The number of fused-ring (bicyclic) bond motifs is 2. The first-order valence-corrected chi connectivity index (χ1v) is 8.84. The molecule has 0 saturated carbocycles. The summed E-state index contributed by atoms with van der Waals surface area (Å²) in [5.74, 6) is -0.265. The molecule has 0 unspecified atom stereocenters. The number of benzene rings is 3. The third kappa shape index (κ3) is 2.18. The largest absolute Gasteiger partial charge is 0.508 e. The van der Waals surface area contributed by atoms with Gasteiger partial charge in [-0.3, -0.25) is 0 Å². The summed E-state index contributed by atoms with van der Waals surface area (Å²) in [5, 5.41) is 50.9. The third-order valence-corrected chi connectivity index (χ3v) is 5.93. The minimum atomic E-state index is -0.222. The average Bonchev–Trinajstić information content (AvgIpc) is 2.93. The molecule has 3 aromatic carbocycles. The van der Waals surface area contributed by atoms with Crippen LogP contribution in [0.25, 0.3) is 0 Å². The van der Waals surface area contributed by atoms with Gasteiger partial charge in [0.25, 0.3) is 0 Å². The zero-order valence-corrected chi connectivity index (χ0v) is 14.3. The summed E-state index contributed by atoms with van der Waals surface area (Å²) in [7, 11) is 0. The van der Waals surface area contributed by atoms with Crippen molar-refractivity contribution in [2.45, 2.75) is 24.2 Å². The second-order valence-corrected chi connectivity index (χ2v) is 7.40. The highest BCUT2D eigenvalue weighted by atomic mass is 16.3. The van der Waals surface area contributed by atoms with Gasteiger partial charge in [-0.25, -0.2) is 0 Å². The fourth-order valence-electron chi connectivity index (χ4n) is 4.98. The molecule has 0 fully saturated rings. The molecule has 0 aromatic heterocycles. The lowest BCUT2D eigenvalue weighted by Crippen LogP contribution is -2.18. The first-order chi connectivity index (χ1) is 12.9. The van der Waals surface area contributed by atoms with Crippen molar-refractivity contribution in [3.63, 3.8) is 0 Å². The molecule has 136 valence electrons. The van der Waals surface area contributed by atoms with Crippen molar-refractivity contribution in [2.24, 2.45) is 0 Å². The normalized spacial score (nSPS) is 22.3. The van der Waals surface area contributed by atoms with Gasteiger partial charge in [0.15, 0.2) is 0 Å².